The third kappa shape index (κ3) is 84.4. The van der Waals surface area contributed by atoms with Crippen LogP contribution < -0.4 is 0 Å². The van der Waals surface area contributed by atoms with E-state index in [9.17, 15) is 0 Å². The molecule has 5 nitrogen and oxygen atoms in total. The molecule has 0 spiro atoms. The van der Waals surface area contributed by atoms with E-state index in [1.165, 1.54) is 0 Å². The Labute approximate surface area is 140 Å². The van der Waals surface area contributed by atoms with Gasteiger partial charge in [0.1, 0.15) is 0 Å². The summed E-state index contributed by atoms with van der Waals surface area (Å²) in [5, 5.41) is 0. The molecular formula is Ni2O5Pr2. The van der Waals surface area contributed by atoms with E-state index < -0.39 is 0 Å². The van der Waals surface area contributed by atoms with E-state index in [-0.39, 0.29) is 143 Å². The molecule has 56 valence electrons. The van der Waals surface area contributed by atoms with Crippen molar-refractivity contribution in [3.05, 3.63) is 0 Å². The Kier molecular flexibility index (Phi) is 1540. The van der Waals surface area contributed by atoms with Crippen molar-refractivity contribution in [3.8, 4) is 0 Å². The molecule has 0 unspecified atom stereocenters. The van der Waals surface area contributed by atoms with Gasteiger partial charge in [-0.3, -0.25) is 0 Å². The molecule has 0 rings (SSSR count). The van der Waals surface area contributed by atoms with E-state index in [0.717, 1.165) is 0 Å². The van der Waals surface area contributed by atoms with Gasteiger partial charge in [-0.1, -0.05) is 0 Å². The molecule has 0 radical (unpaired) electrons. The summed E-state index contributed by atoms with van der Waals surface area (Å²) < 4.78 is 0. The van der Waals surface area contributed by atoms with Crippen molar-refractivity contribution in [1.29, 1.82) is 0 Å². The van der Waals surface area contributed by atoms with Crippen molar-refractivity contribution in [2.75, 3.05) is 0 Å². The predicted octanol–water partition coefficient (Wildman–Crippen LogP) is -0.599. The standard InChI is InChI=1S/2Ni.5O.2Pr/q2*+2;5*-2;2*+3. The maximum absolute atomic E-state index is 0. The van der Waals surface area contributed by atoms with Crippen molar-refractivity contribution in [2.24, 2.45) is 0 Å². The van der Waals surface area contributed by atoms with Crippen LogP contribution in [0, 0.1) is 82.6 Å². The SMILES string of the molecule is [Ni+2].[Ni+2].[O-2].[O-2].[O-2].[O-2].[O-2].[Pr+3].[Pr+3]. The smallest absolute Gasteiger partial charge is 2.00 e. The van der Waals surface area contributed by atoms with Crippen LogP contribution in [0.25, 0.3) is 0 Å². The average molecular weight is 479 g/mol. The molecule has 0 aromatic heterocycles. The first-order chi connectivity index (χ1) is 0. The molecule has 9 heavy (non-hydrogen) atoms. The van der Waals surface area contributed by atoms with Gasteiger partial charge in [0.05, 0.1) is 0 Å². The van der Waals surface area contributed by atoms with Crippen LogP contribution in [-0.2, 0) is 60.4 Å². The maximum atomic E-state index is 0. The van der Waals surface area contributed by atoms with Gasteiger partial charge in [0.2, 0.25) is 0 Å². The van der Waals surface area contributed by atoms with Crippen LogP contribution in [0.2, 0.25) is 0 Å². The minimum atomic E-state index is 0. The van der Waals surface area contributed by atoms with Gasteiger partial charge < -0.3 is 27.4 Å². The summed E-state index contributed by atoms with van der Waals surface area (Å²) in [4.78, 5) is 0. The molecule has 0 saturated heterocycles. The Hall–Kier alpha value is 3.51. The second kappa shape index (κ2) is 103. The first-order valence-electron chi connectivity index (χ1n) is 0. The largest absolute Gasteiger partial charge is 3.00 e. The Bertz CT molecular complexity index is 12.9. The van der Waals surface area contributed by atoms with E-state index in [4.69, 9.17) is 0 Å². The van der Waals surface area contributed by atoms with E-state index in [1.54, 1.807) is 0 Å². The van der Waals surface area contributed by atoms with Crippen LogP contribution in [0.1, 0.15) is 0 Å². The Balaban J connectivity index is 0. The Morgan fingerprint density at radius 3 is 0.333 bits per heavy atom. The van der Waals surface area contributed by atoms with Crippen molar-refractivity contribution in [2.45, 2.75) is 0 Å². The molecule has 0 saturated carbocycles. The van der Waals surface area contributed by atoms with Crippen LogP contribution in [-0.4, -0.2) is 0 Å². The van der Waals surface area contributed by atoms with Gasteiger partial charge in [0.25, 0.3) is 0 Å². The maximum Gasteiger partial charge on any atom is 3.00 e. The van der Waals surface area contributed by atoms with Gasteiger partial charge in [-0.25, -0.2) is 0 Å². The van der Waals surface area contributed by atoms with Gasteiger partial charge in [-0.15, -0.1) is 0 Å². The van der Waals surface area contributed by atoms with Gasteiger partial charge in [0, 0.05) is 0 Å². The van der Waals surface area contributed by atoms with Gasteiger partial charge >= 0.3 is 116 Å². The minimum Gasteiger partial charge on any atom is -2.00 e. The summed E-state index contributed by atoms with van der Waals surface area (Å²) >= 11 is 0. The van der Waals surface area contributed by atoms with E-state index in [2.05, 4.69) is 0 Å². The summed E-state index contributed by atoms with van der Waals surface area (Å²) in [7, 11) is 0. The van der Waals surface area contributed by atoms with Crippen molar-refractivity contribution in [3.63, 3.8) is 0 Å². The monoisotopic (exact) mass is 478 g/mol. The number of rotatable bonds is 0. The second-order valence-corrected chi connectivity index (χ2v) is 0. The van der Waals surface area contributed by atoms with Crippen LogP contribution in [0.5, 0.6) is 0 Å². The molecule has 0 aromatic carbocycles. The molecule has 0 aliphatic rings. The number of hydrogen-bond donors (Lipinski definition) is 0. The quantitative estimate of drug-likeness (QED) is 0.410. The van der Waals surface area contributed by atoms with Gasteiger partial charge in [-0.2, -0.15) is 0 Å². The molecule has 0 aliphatic carbocycles. The second-order valence-electron chi connectivity index (χ2n) is 0. The third-order valence-corrected chi connectivity index (χ3v) is 0. The number of hydrogen-bond acceptors (Lipinski definition) is 0. The summed E-state index contributed by atoms with van der Waals surface area (Å²) in [6, 6.07) is 0. The van der Waals surface area contributed by atoms with Crippen LogP contribution in [0.4, 0.5) is 0 Å². The Morgan fingerprint density at radius 2 is 0.333 bits per heavy atom. The average Bonchev–Trinajstić information content (AvgIpc) is 0. The van der Waals surface area contributed by atoms with Crippen molar-refractivity contribution >= 4 is 0 Å². The molecule has 0 aromatic rings. The molecular weight excluding hydrogens is 479 g/mol. The molecule has 0 fully saturated rings. The summed E-state index contributed by atoms with van der Waals surface area (Å²) in [6.07, 6.45) is 0. The topological polar surface area (TPSA) is 142 Å². The van der Waals surface area contributed by atoms with Crippen LogP contribution >= 0.6 is 0 Å². The zero-order chi connectivity index (χ0) is 0. The minimum absolute atomic E-state index is 0. The fourth-order valence-corrected chi connectivity index (χ4v) is 0. The normalized spacial score (nSPS) is 0. The molecule has 0 heterocycles. The summed E-state index contributed by atoms with van der Waals surface area (Å²) in [6.45, 7) is 0. The molecule has 0 aliphatic heterocycles. The molecule has 0 amide bonds. The van der Waals surface area contributed by atoms with Crippen LogP contribution in [0.15, 0.2) is 0 Å². The molecule has 9 heteroatoms. The fraction of sp³-hybridized carbons (Fsp3) is 0. The first kappa shape index (κ1) is 134. The first-order valence-corrected chi connectivity index (χ1v) is 0. The van der Waals surface area contributed by atoms with Gasteiger partial charge in [-0.05, 0) is 0 Å². The fourth-order valence-electron chi connectivity index (χ4n) is 0. The third-order valence-electron chi connectivity index (χ3n) is 0. The summed E-state index contributed by atoms with van der Waals surface area (Å²) in [5.41, 5.74) is 0. The van der Waals surface area contributed by atoms with E-state index in [0.29, 0.717) is 0 Å². The molecule has 0 bridgehead atoms. The van der Waals surface area contributed by atoms with E-state index in [1.807, 2.05) is 0 Å². The molecule has 0 N–H and O–H groups in total. The van der Waals surface area contributed by atoms with Crippen molar-refractivity contribution < 1.29 is 143 Å². The zero-order valence-corrected chi connectivity index (χ0v) is 13.2. The zero-order valence-electron chi connectivity index (χ0n) is 3.83. The van der Waals surface area contributed by atoms with E-state index >= 15 is 0 Å². The summed E-state index contributed by atoms with van der Waals surface area (Å²) in [5.74, 6) is 0. The van der Waals surface area contributed by atoms with Gasteiger partial charge in [0.15, 0.2) is 0 Å². The Morgan fingerprint density at radius 1 is 0.333 bits per heavy atom. The predicted molar refractivity (Wildman–Crippen MR) is 3.43 cm³/mol. The van der Waals surface area contributed by atoms with Crippen molar-refractivity contribution in [1.82, 2.24) is 0 Å². The molecule has 0 atom stereocenters. The van der Waals surface area contributed by atoms with Crippen LogP contribution in [0.3, 0.4) is 0 Å².